The smallest absolute Gasteiger partial charge is 0.326 e. The largest absolute Gasteiger partial charge is 0.481 e. The minimum atomic E-state index is -1.29. The van der Waals surface area contributed by atoms with Crippen molar-refractivity contribution in [2.45, 2.75) is 18.9 Å². The van der Waals surface area contributed by atoms with E-state index >= 15 is 0 Å². The van der Waals surface area contributed by atoms with Crippen LogP contribution < -0.4 is 0 Å². The Kier molecular flexibility index (Phi) is 6.14. The average molecular weight is 430 g/mol. The highest BCUT2D eigenvalue weighted by molar-refractivity contribution is 9.10. The van der Waals surface area contributed by atoms with Gasteiger partial charge in [-0.25, -0.2) is 4.79 Å². The fourth-order valence-electron chi connectivity index (χ4n) is 2.12. The topological polar surface area (TPSA) is 94.9 Å². The molecule has 1 aromatic rings. The van der Waals surface area contributed by atoms with E-state index in [0.29, 0.717) is 4.91 Å². The van der Waals surface area contributed by atoms with E-state index in [1.807, 2.05) is 18.2 Å². The Balaban J connectivity index is 2.26. The summed E-state index contributed by atoms with van der Waals surface area (Å²) < 4.78 is 0.954. The molecule has 0 radical (unpaired) electrons. The molecule has 0 aromatic heterocycles. The van der Waals surface area contributed by atoms with Gasteiger partial charge in [-0.2, -0.15) is 0 Å². The lowest BCUT2D eigenvalue weighted by Crippen LogP contribution is -2.44. The van der Waals surface area contributed by atoms with Gasteiger partial charge < -0.3 is 10.2 Å². The van der Waals surface area contributed by atoms with E-state index in [4.69, 9.17) is 17.3 Å². The van der Waals surface area contributed by atoms with Crippen molar-refractivity contribution in [2.24, 2.45) is 0 Å². The lowest BCUT2D eigenvalue weighted by atomic mass is 10.1. The number of hydrogen-bond acceptors (Lipinski definition) is 5. The van der Waals surface area contributed by atoms with Gasteiger partial charge in [-0.15, -0.1) is 0 Å². The number of carbonyl (C=O) groups excluding carboxylic acids is 1. The monoisotopic (exact) mass is 429 g/mol. The minimum Gasteiger partial charge on any atom is -0.481 e. The van der Waals surface area contributed by atoms with Gasteiger partial charge in [0, 0.05) is 10.9 Å². The quantitative estimate of drug-likeness (QED) is 0.529. The molecular weight excluding hydrogens is 418 g/mol. The van der Waals surface area contributed by atoms with Crippen molar-refractivity contribution >= 4 is 68.2 Å². The molecule has 126 valence electrons. The maximum absolute atomic E-state index is 12.5. The van der Waals surface area contributed by atoms with Gasteiger partial charge in [0.05, 0.1) is 4.91 Å². The highest BCUT2D eigenvalue weighted by Gasteiger charge is 2.40. The van der Waals surface area contributed by atoms with Crippen LogP contribution in [0.4, 0.5) is 0 Å². The van der Waals surface area contributed by atoms with Crippen molar-refractivity contribution < 1.29 is 24.6 Å². The van der Waals surface area contributed by atoms with Crippen LogP contribution in [0.1, 0.15) is 18.4 Å². The van der Waals surface area contributed by atoms with Crippen LogP contribution in [0.15, 0.2) is 33.6 Å². The summed E-state index contributed by atoms with van der Waals surface area (Å²) in [4.78, 5) is 35.9. The second kappa shape index (κ2) is 7.91. The molecule has 1 aliphatic rings. The number of halogens is 1. The van der Waals surface area contributed by atoms with Gasteiger partial charge in [-0.05, 0) is 30.2 Å². The lowest BCUT2D eigenvalue weighted by molar-refractivity contribution is -0.146. The maximum Gasteiger partial charge on any atom is 0.326 e. The highest BCUT2D eigenvalue weighted by Crippen LogP contribution is 2.35. The fraction of sp³-hybridized carbons (Fsp3) is 0.200. The van der Waals surface area contributed by atoms with E-state index < -0.39 is 23.9 Å². The van der Waals surface area contributed by atoms with Crippen molar-refractivity contribution in [1.82, 2.24) is 4.90 Å². The van der Waals surface area contributed by atoms with E-state index in [9.17, 15) is 19.5 Å². The molecule has 6 nitrogen and oxygen atoms in total. The zero-order chi connectivity index (χ0) is 17.9. The number of carboxylic acid groups (broad SMARTS) is 2. The Labute approximate surface area is 155 Å². The van der Waals surface area contributed by atoms with E-state index in [-0.39, 0.29) is 17.2 Å². The summed E-state index contributed by atoms with van der Waals surface area (Å²) in [5.41, 5.74) is 0.766. The van der Waals surface area contributed by atoms with Crippen LogP contribution in [0.5, 0.6) is 0 Å². The summed E-state index contributed by atoms with van der Waals surface area (Å²) in [5.74, 6) is -2.93. The number of aliphatic carboxylic acids is 2. The number of carbonyl (C=O) groups is 3. The summed E-state index contributed by atoms with van der Waals surface area (Å²) in [7, 11) is 0. The third kappa shape index (κ3) is 4.43. The Morgan fingerprint density at radius 2 is 2.08 bits per heavy atom. The normalized spacial score (nSPS) is 17.4. The van der Waals surface area contributed by atoms with Crippen LogP contribution in [-0.2, 0) is 14.4 Å². The van der Waals surface area contributed by atoms with Crippen LogP contribution in [0.3, 0.4) is 0 Å². The Morgan fingerprint density at radius 1 is 1.38 bits per heavy atom. The van der Waals surface area contributed by atoms with E-state index in [1.165, 1.54) is 0 Å². The van der Waals surface area contributed by atoms with Gasteiger partial charge in [0.25, 0.3) is 5.91 Å². The number of hydrogen-bond donors (Lipinski definition) is 2. The number of rotatable bonds is 6. The highest BCUT2D eigenvalue weighted by atomic mass is 79.9. The molecule has 0 bridgehead atoms. The van der Waals surface area contributed by atoms with Gasteiger partial charge in [0.2, 0.25) is 0 Å². The van der Waals surface area contributed by atoms with Gasteiger partial charge in [0.15, 0.2) is 0 Å². The molecule has 2 rings (SSSR count). The lowest BCUT2D eigenvalue weighted by Gasteiger charge is -2.22. The molecule has 0 aliphatic carbocycles. The summed E-state index contributed by atoms with van der Waals surface area (Å²) in [6.07, 6.45) is 1.06. The van der Waals surface area contributed by atoms with Crippen molar-refractivity contribution in [2.75, 3.05) is 0 Å². The summed E-state index contributed by atoms with van der Waals surface area (Å²) in [5, 5.41) is 18.1. The average Bonchev–Trinajstić information content (AvgIpc) is 2.74. The molecular formula is C15H12BrNO5S2. The molecule has 1 saturated heterocycles. The molecule has 1 heterocycles. The first-order chi connectivity index (χ1) is 11.3. The Hall–Kier alpha value is -1.71. The number of thiocarbonyl (C=S) groups is 1. The van der Waals surface area contributed by atoms with Gasteiger partial charge >= 0.3 is 11.9 Å². The maximum atomic E-state index is 12.5. The molecule has 0 saturated carbocycles. The number of benzene rings is 1. The first-order valence-corrected chi connectivity index (χ1v) is 8.78. The molecule has 1 unspecified atom stereocenters. The number of carboxylic acids is 2. The predicted molar refractivity (Wildman–Crippen MR) is 97.4 cm³/mol. The van der Waals surface area contributed by atoms with Crippen molar-refractivity contribution in [1.29, 1.82) is 0 Å². The molecule has 0 spiro atoms. The van der Waals surface area contributed by atoms with Crippen LogP contribution in [0, 0.1) is 0 Å². The minimum absolute atomic E-state index is 0.110. The van der Waals surface area contributed by atoms with Crippen LogP contribution in [-0.4, -0.2) is 43.3 Å². The van der Waals surface area contributed by atoms with Crippen molar-refractivity contribution in [3.8, 4) is 0 Å². The van der Waals surface area contributed by atoms with Gasteiger partial charge in [-0.3, -0.25) is 14.5 Å². The molecule has 1 atom stereocenters. The van der Waals surface area contributed by atoms with E-state index in [0.717, 1.165) is 26.7 Å². The summed E-state index contributed by atoms with van der Waals surface area (Å²) in [6.45, 7) is 0. The molecule has 2 N–H and O–H groups in total. The molecule has 9 heteroatoms. The van der Waals surface area contributed by atoms with E-state index in [2.05, 4.69) is 15.9 Å². The second-order valence-corrected chi connectivity index (χ2v) is 7.48. The Morgan fingerprint density at radius 3 is 2.67 bits per heavy atom. The molecule has 1 aliphatic heterocycles. The molecule has 1 fully saturated rings. The van der Waals surface area contributed by atoms with Gasteiger partial charge in [0.1, 0.15) is 10.4 Å². The molecule has 1 amide bonds. The number of amides is 1. The second-order valence-electron chi connectivity index (χ2n) is 4.89. The molecule has 24 heavy (non-hydrogen) atoms. The van der Waals surface area contributed by atoms with Crippen molar-refractivity contribution in [3.05, 3.63) is 39.2 Å². The first kappa shape index (κ1) is 18.6. The van der Waals surface area contributed by atoms with E-state index in [1.54, 1.807) is 12.1 Å². The molecule has 1 aromatic carbocycles. The summed E-state index contributed by atoms with van der Waals surface area (Å²) >= 11 is 9.46. The fourth-order valence-corrected chi connectivity index (χ4v) is 3.89. The predicted octanol–water partition coefficient (Wildman–Crippen LogP) is 2.97. The van der Waals surface area contributed by atoms with Crippen molar-refractivity contribution in [3.63, 3.8) is 0 Å². The van der Waals surface area contributed by atoms with Crippen LogP contribution >= 0.6 is 39.9 Å². The number of thioether (sulfide) groups is 1. The standard InChI is InChI=1S/C15H12BrNO5S2/c16-9-3-1-2-8(6-9)7-11-13(20)17(15(23)24-11)10(14(21)22)4-5-12(18)19/h1-3,6-7,10H,4-5H2,(H,18,19)(H,21,22)/b11-7-. The zero-order valence-electron chi connectivity index (χ0n) is 12.1. The summed E-state index contributed by atoms with van der Waals surface area (Å²) in [6, 6.07) is 5.97. The van der Waals surface area contributed by atoms with Gasteiger partial charge in [-0.1, -0.05) is 52.0 Å². The van der Waals surface area contributed by atoms with Crippen LogP contribution in [0.2, 0.25) is 0 Å². The third-order valence-electron chi connectivity index (χ3n) is 3.20. The first-order valence-electron chi connectivity index (χ1n) is 6.77. The zero-order valence-corrected chi connectivity index (χ0v) is 15.4. The Bertz CT molecular complexity index is 749. The SMILES string of the molecule is O=C(O)CCC(C(=O)O)N1C(=O)/C(=C/c2cccc(Br)c2)SC1=S. The number of nitrogens with zero attached hydrogens (tertiary/aromatic N) is 1. The third-order valence-corrected chi connectivity index (χ3v) is 5.02. The van der Waals surface area contributed by atoms with Crippen LogP contribution in [0.25, 0.3) is 6.08 Å².